The second-order valence-corrected chi connectivity index (χ2v) is 10.9. The van der Waals surface area contributed by atoms with Gasteiger partial charge in [0.2, 0.25) is 0 Å². The molecule has 3 aromatic carbocycles. The number of hydrogen-bond donors (Lipinski definition) is 0. The Bertz CT molecular complexity index is 1290. The smallest absolute Gasteiger partial charge is 0.167 e. The fourth-order valence-electron chi connectivity index (χ4n) is 5.44. The van der Waals surface area contributed by atoms with Crippen LogP contribution < -0.4 is 0 Å². The molecular weight excluding hydrogens is 528 g/mol. The number of ether oxygens (including phenoxy) is 2. The van der Waals surface area contributed by atoms with E-state index in [9.17, 15) is 8.78 Å². The van der Waals surface area contributed by atoms with E-state index in [4.69, 9.17) is 9.47 Å². The van der Waals surface area contributed by atoms with Crippen LogP contribution in [-0.4, -0.2) is 13.2 Å². The Morgan fingerprint density at radius 1 is 0.756 bits per heavy atom. The van der Waals surface area contributed by atoms with Crippen molar-refractivity contribution in [3.8, 4) is 22.3 Å². The number of aryl methyl sites for hydroxylation is 1. The molecule has 0 N–H and O–H groups in total. The van der Waals surface area contributed by atoms with E-state index in [0.29, 0.717) is 42.7 Å². The first-order valence-electron chi connectivity index (χ1n) is 14.8. The summed E-state index contributed by atoms with van der Waals surface area (Å²) in [5, 5.41) is 0. The first-order valence-corrected chi connectivity index (χ1v) is 14.8. The van der Waals surface area contributed by atoms with E-state index in [1.807, 2.05) is 13.0 Å². The van der Waals surface area contributed by atoms with Gasteiger partial charge in [-0.3, -0.25) is 0 Å². The number of rotatable bonds is 13. The molecule has 0 aromatic heterocycles. The van der Waals surface area contributed by atoms with E-state index in [2.05, 4.69) is 6.92 Å². The molecule has 1 fully saturated rings. The highest BCUT2D eigenvalue weighted by Gasteiger charge is 2.27. The van der Waals surface area contributed by atoms with Crippen molar-refractivity contribution in [3.63, 3.8) is 0 Å². The van der Waals surface area contributed by atoms with Gasteiger partial charge in [0.1, 0.15) is 0 Å². The normalized spacial score (nSPS) is 17.3. The summed E-state index contributed by atoms with van der Waals surface area (Å²) in [6.07, 6.45) is 11.3. The summed E-state index contributed by atoms with van der Waals surface area (Å²) in [5.41, 5.74) is 1.75. The third-order valence-corrected chi connectivity index (χ3v) is 7.86. The molecule has 1 saturated heterocycles. The minimum atomic E-state index is -0.950. The lowest BCUT2D eigenvalue weighted by atomic mass is 9.93. The van der Waals surface area contributed by atoms with Crippen LogP contribution in [0.4, 0.5) is 17.6 Å². The first-order chi connectivity index (χ1) is 19.9. The van der Waals surface area contributed by atoms with E-state index in [1.165, 1.54) is 19.3 Å². The van der Waals surface area contributed by atoms with Crippen LogP contribution in [0, 0.1) is 29.2 Å². The molecule has 2 nitrogen and oxygen atoms in total. The predicted octanol–water partition coefficient (Wildman–Crippen LogP) is 10.5. The highest BCUT2D eigenvalue weighted by molar-refractivity contribution is 5.71. The molecule has 220 valence electrons. The van der Waals surface area contributed by atoms with E-state index < -0.39 is 29.4 Å². The zero-order chi connectivity index (χ0) is 29.2. The predicted molar refractivity (Wildman–Crippen MR) is 156 cm³/mol. The van der Waals surface area contributed by atoms with Gasteiger partial charge in [-0.1, -0.05) is 93.6 Å². The summed E-state index contributed by atoms with van der Waals surface area (Å²) in [4.78, 5) is 0. The summed E-state index contributed by atoms with van der Waals surface area (Å²) in [7, 11) is 0. The number of hydrogen-bond acceptors (Lipinski definition) is 2. The number of halogens is 4. The maximum Gasteiger partial charge on any atom is 0.167 e. The summed E-state index contributed by atoms with van der Waals surface area (Å²) in [6.45, 7) is 4.99. The quantitative estimate of drug-likeness (QED) is 0.116. The molecule has 6 heteroatoms. The van der Waals surface area contributed by atoms with Crippen LogP contribution in [0.3, 0.4) is 0 Å². The standard InChI is InChI=1S/C35H40F4O2/c1-3-5-6-7-8-9-10-27-16-17-28(33(37)32(27)36)25-12-14-26(15-13-25)29-18-19-30(35(39)34(29)38)31-20-11-24(23-41-31)22-40-21-4-2/h4,12-19,21,24,31H,3,5-11,20,22-23H2,1-2H3. The van der Waals surface area contributed by atoms with Gasteiger partial charge in [-0.25, -0.2) is 17.6 Å². The lowest BCUT2D eigenvalue weighted by Crippen LogP contribution is -2.24. The summed E-state index contributed by atoms with van der Waals surface area (Å²) < 4.78 is 71.4. The summed E-state index contributed by atoms with van der Waals surface area (Å²) >= 11 is 0. The zero-order valence-electron chi connectivity index (χ0n) is 24.0. The largest absolute Gasteiger partial charge is 0.501 e. The molecule has 0 spiro atoms. The number of benzene rings is 3. The third-order valence-electron chi connectivity index (χ3n) is 7.86. The average Bonchev–Trinajstić information content (AvgIpc) is 2.99. The van der Waals surface area contributed by atoms with Crippen LogP contribution >= 0.6 is 0 Å². The fourth-order valence-corrected chi connectivity index (χ4v) is 5.44. The Morgan fingerprint density at radius 3 is 2.02 bits per heavy atom. The van der Waals surface area contributed by atoms with Gasteiger partial charge in [0.15, 0.2) is 23.3 Å². The number of unbranched alkanes of at least 4 members (excludes halogenated alkanes) is 5. The summed E-state index contributed by atoms with van der Waals surface area (Å²) in [6, 6.07) is 12.8. The third kappa shape index (κ3) is 7.79. The monoisotopic (exact) mass is 568 g/mol. The first kappa shape index (κ1) is 30.8. The minimum Gasteiger partial charge on any atom is -0.501 e. The molecule has 0 radical (unpaired) electrons. The molecule has 0 aliphatic carbocycles. The molecule has 1 aliphatic rings. The van der Waals surface area contributed by atoms with Crippen LogP contribution in [0.15, 0.2) is 60.9 Å². The molecule has 3 aromatic rings. The van der Waals surface area contributed by atoms with Crippen molar-refractivity contribution in [2.45, 2.75) is 77.7 Å². The highest BCUT2D eigenvalue weighted by atomic mass is 19.2. The van der Waals surface area contributed by atoms with E-state index in [0.717, 1.165) is 25.7 Å². The van der Waals surface area contributed by atoms with E-state index >= 15 is 8.78 Å². The second-order valence-electron chi connectivity index (χ2n) is 10.9. The molecule has 0 amide bonds. The Kier molecular flexibility index (Phi) is 11.4. The molecule has 4 rings (SSSR count). The summed E-state index contributed by atoms with van der Waals surface area (Å²) in [5.74, 6) is -3.36. The van der Waals surface area contributed by atoms with Crippen molar-refractivity contribution in [2.24, 2.45) is 5.92 Å². The highest BCUT2D eigenvalue weighted by Crippen LogP contribution is 2.36. The molecule has 41 heavy (non-hydrogen) atoms. The van der Waals surface area contributed by atoms with Gasteiger partial charge < -0.3 is 9.47 Å². The molecule has 1 heterocycles. The number of allylic oxidation sites excluding steroid dienone is 1. The Hall–Kier alpha value is -3.12. The molecule has 2 unspecified atom stereocenters. The molecular formula is C35H40F4O2. The Labute approximate surface area is 241 Å². The molecule has 1 aliphatic heterocycles. The van der Waals surface area contributed by atoms with Gasteiger partial charge in [0.25, 0.3) is 0 Å². The van der Waals surface area contributed by atoms with Crippen molar-refractivity contribution in [2.75, 3.05) is 13.2 Å². The second kappa shape index (κ2) is 15.2. The van der Waals surface area contributed by atoms with Gasteiger partial charge >= 0.3 is 0 Å². The van der Waals surface area contributed by atoms with Crippen molar-refractivity contribution in [1.82, 2.24) is 0 Å². The minimum absolute atomic E-state index is 0.104. The van der Waals surface area contributed by atoms with E-state index in [-0.39, 0.29) is 22.6 Å². The van der Waals surface area contributed by atoms with Crippen LogP contribution in [0.25, 0.3) is 22.3 Å². The van der Waals surface area contributed by atoms with Crippen LogP contribution in [0.1, 0.15) is 82.4 Å². The van der Waals surface area contributed by atoms with Gasteiger partial charge in [-0.15, -0.1) is 0 Å². The van der Waals surface area contributed by atoms with E-state index in [1.54, 1.807) is 54.8 Å². The van der Waals surface area contributed by atoms with Crippen molar-refractivity contribution in [1.29, 1.82) is 0 Å². The SMILES string of the molecule is CC=COCC1CCC(c2ccc(-c3ccc(-c4ccc(CCCCCCCC)c(F)c4F)cc3)c(F)c2F)OC1. The van der Waals surface area contributed by atoms with Crippen molar-refractivity contribution in [3.05, 3.63) is 95.3 Å². The van der Waals surface area contributed by atoms with Crippen LogP contribution in [0.5, 0.6) is 0 Å². The van der Waals surface area contributed by atoms with Gasteiger partial charge in [0.05, 0.1) is 25.6 Å². The lowest BCUT2D eigenvalue weighted by molar-refractivity contribution is -0.0348. The van der Waals surface area contributed by atoms with Gasteiger partial charge in [-0.2, -0.15) is 0 Å². The molecule has 0 saturated carbocycles. The average molecular weight is 569 g/mol. The topological polar surface area (TPSA) is 18.5 Å². The molecule has 2 atom stereocenters. The lowest BCUT2D eigenvalue weighted by Gasteiger charge is -2.29. The zero-order valence-corrected chi connectivity index (χ0v) is 24.0. The van der Waals surface area contributed by atoms with Gasteiger partial charge in [-0.05, 0) is 49.3 Å². The maximum absolute atomic E-state index is 15.2. The Morgan fingerprint density at radius 2 is 1.39 bits per heavy atom. The van der Waals surface area contributed by atoms with Crippen LogP contribution in [-0.2, 0) is 15.9 Å². The van der Waals surface area contributed by atoms with Crippen LogP contribution in [0.2, 0.25) is 0 Å². The Balaban J connectivity index is 1.41. The fraction of sp³-hybridized carbons (Fsp3) is 0.429. The van der Waals surface area contributed by atoms with Crippen molar-refractivity contribution < 1.29 is 27.0 Å². The molecule has 0 bridgehead atoms. The van der Waals surface area contributed by atoms with Crippen molar-refractivity contribution >= 4 is 0 Å². The maximum atomic E-state index is 15.2. The van der Waals surface area contributed by atoms with Gasteiger partial charge in [0, 0.05) is 22.6 Å².